The van der Waals surface area contributed by atoms with Gasteiger partial charge in [0.05, 0.1) is 17.6 Å². The Labute approximate surface area is 130 Å². The van der Waals surface area contributed by atoms with Gasteiger partial charge in [0.2, 0.25) is 10.0 Å². The molecule has 0 atom stereocenters. The van der Waals surface area contributed by atoms with Gasteiger partial charge in [0, 0.05) is 13.1 Å². The standard InChI is InChI=1S/C14H21N3O4S/c1-21-13-3-2-11(8-12(13)14(16)18)22(19,20)17-6-4-10(9-15)5-7-17/h2-3,8,10H,4-7,9,15H2,1H3,(H2,16,18). The first-order valence-corrected chi connectivity index (χ1v) is 8.52. The van der Waals surface area contributed by atoms with E-state index >= 15 is 0 Å². The molecule has 0 saturated carbocycles. The van der Waals surface area contributed by atoms with Gasteiger partial charge < -0.3 is 16.2 Å². The fourth-order valence-electron chi connectivity index (χ4n) is 2.57. The molecule has 22 heavy (non-hydrogen) atoms. The van der Waals surface area contributed by atoms with Gasteiger partial charge in [-0.25, -0.2) is 8.42 Å². The molecular formula is C14H21N3O4S. The van der Waals surface area contributed by atoms with Crippen LogP contribution in [0.4, 0.5) is 0 Å². The fraction of sp³-hybridized carbons (Fsp3) is 0.500. The zero-order valence-corrected chi connectivity index (χ0v) is 13.3. The second kappa shape index (κ2) is 6.64. The van der Waals surface area contributed by atoms with Gasteiger partial charge >= 0.3 is 0 Å². The first-order chi connectivity index (χ1) is 10.4. The van der Waals surface area contributed by atoms with E-state index in [-0.39, 0.29) is 16.2 Å². The van der Waals surface area contributed by atoms with E-state index in [1.165, 1.54) is 29.6 Å². The maximum atomic E-state index is 12.7. The first kappa shape index (κ1) is 16.7. The average molecular weight is 327 g/mol. The number of ether oxygens (including phenoxy) is 1. The summed E-state index contributed by atoms with van der Waals surface area (Å²) in [7, 11) is -2.25. The topological polar surface area (TPSA) is 116 Å². The molecule has 1 amide bonds. The molecule has 0 radical (unpaired) electrons. The minimum Gasteiger partial charge on any atom is -0.496 e. The molecule has 1 aliphatic rings. The number of sulfonamides is 1. The molecule has 0 spiro atoms. The number of hydrogen-bond donors (Lipinski definition) is 2. The third kappa shape index (κ3) is 3.23. The monoisotopic (exact) mass is 327 g/mol. The zero-order valence-electron chi connectivity index (χ0n) is 12.5. The summed E-state index contributed by atoms with van der Waals surface area (Å²) in [5.41, 5.74) is 11.0. The third-order valence-corrected chi connectivity index (χ3v) is 5.88. The van der Waals surface area contributed by atoms with Crippen molar-refractivity contribution < 1.29 is 17.9 Å². The number of hydrogen-bond acceptors (Lipinski definition) is 5. The van der Waals surface area contributed by atoms with Crippen LogP contribution in [0.15, 0.2) is 23.1 Å². The number of primary amides is 1. The summed E-state index contributed by atoms with van der Waals surface area (Å²) in [5.74, 6) is -0.104. The lowest BCUT2D eigenvalue weighted by Gasteiger charge is -2.30. The molecule has 1 aromatic rings. The minimum absolute atomic E-state index is 0.0494. The van der Waals surface area contributed by atoms with Crippen molar-refractivity contribution in [2.45, 2.75) is 17.7 Å². The molecule has 0 unspecified atom stereocenters. The van der Waals surface area contributed by atoms with Crippen LogP contribution in [0.1, 0.15) is 23.2 Å². The molecule has 1 fully saturated rings. The summed E-state index contributed by atoms with van der Waals surface area (Å²) >= 11 is 0. The molecule has 8 heteroatoms. The molecule has 1 saturated heterocycles. The number of nitrogens with two attached hydrogens (primary N) is 2. The molecule has 1 aliphatic heterocycles. The van der Waals surface area contributed by atoms with Gasteiger partial charge in [-0.3, -0.25) is 4.79 Å². The summed E-state index contributed by atoms with van der Waals surface area (Å²) in [5, 5.41) is 0. The predicted molar refractivity (Wildman–Crippen MR) is 82.0 cm³/mol. The van der Waals surface area contributed by atoms with Crippen molar-refractivity contribution in [1.82, 2.24) is 4.31 Å². The number of carbonyl (C=O) groups excluding carboxylic acids is 1. The Bertz CT molecular complexity index is 652. The van der Waals surface area contributed by atoms with Crippen molar-refractivity contribution in [1.29, 1.82) is 0 Å². The van der Waals surface area contributed by atoms with Crippen LogP contribution in [0.25, 0.3) is 0 Å². The summed E-state index contributed by atoms with van der Waals surface area (Å²) in [6, 6.07) is 4.14. The number of amides is 1. The predicted octanol–water partition coefficient (Wildman–Crippen LogP) is 0.154. The van der Waals surface area contributed by atoms with Crippen LogP contribution in [0.2, 0.25) is 0 Å². The molecule has 1 aromatic carbocycles. The Balaban J connectivity index is 2.30. The van der Waals surface area contributed by atoms with Gasteiger partial charge in [-0.15, -0.1) is 0 Å². The summed E-state index contributed by atoms with van der Waals surface area (Å²) in [4.78, 5) is 11.5. The number of methoxy groups -OCH3 is 1. The van der Waals surface area contributed by atoms with Crippen molar-refractivity contribution in [3.05, 3.63) is 23.8 Å². The van der Waals surface area contributed by atoms with E-state index in [4.69, 9.17) is 16.2 Å². The summed E-state index contributed by atoms with van der Waals surface area (Å²) in [6.45, 7) is 1.44. The van der Waals surface area contributed by atoms with Gasteiger partial charge in [0.15, 0.2) is 0 Å². The van der Waals surface area contributed by atoms with Crippen LogP contribution in [0.5, 0.6) is 5.75 Å². The number of benzene rings is 1. The van der Waals surface area contributed by atoms with Crippen LogP contribution < -0.4 is 16.2 Å². The Morgan fingerprint density at radius 2 is 2.00 bits per heavy atom. The van der Waals surface area contributed by atoms with Gasteiger partial charge in [0.25, 0.3) is 5.91 Å². The van der Waals surface area contributed by atoms with E-state index < -0.39 is 15.9 Å². The lowest BCUT2D eigenvalue weighted by atomic mass is 9.99. The van der Waals surface area contributed by atoms with Crippen molar-refractivity contribution in [3.8, 4) is 5.75 Å². The lowest BCUT2D eigenvalue weighted by molar-refractivity contribution is 0.0997. The van der Waals surface area contributed by atoms with Gasteiger partial charge in [-0.2, -0.15) is 4.31 Å². The van der Waals surface area contributed by atoms with Gasteiger partial charge in [-0.1, -0.05) is 0 Å². The highest BCUT2D eigenvalue weighted by Crippen LogP contribution is 2.27. The fourth-order valence-corrected chi connectivity index (χ4v) is 4.07. The van der Waals surface area contributed by atoms with Gasteiger partial charge in [0.1, 0.15) is 5.75 Å². The zero-order chi connectivity index (χ0) is 16.3. The molecule has 1 heterocycles. The van der Waals surface area contributed by atoms with Crippen molar-refractivity contribution in [2.24, 2.45) is 17.4 Å². The molecule has 4 N–H and O–H groups in total. The molecule has 2 rings (SSSR count). The minimum atomic E-state index is -3.65. The van der Waals surface area contributed by atoms with Crippen LogP contribution in [-0.2, 0) is 10.0 Å². The normalized spacial score (nSPS) is 17.4. The Morgan fingerprint density at radius 1 is 1.36 bits per heavy atom. The number of piperidine rings is 1. The van der Waals surface area contributed by atoms with Crippen LogP contribution in [0, 0.1) is 5.92 Å². The molecular weight excluding hydrogens is 306 g/mol. The number of carbonyl (C=O) groups is 1. The SMILES string of the molecule is COc1ccc(S(=O)(=O)N2CCC(CN)CC2)cc1C(N)=O. The van der Waals surface area contributed by atoms with Gasteiger partial charge in [-0.05, 0) is 43.5 Å². The highest BCUT2D eigenvalue weighted by atomic mass is 32.2. The van der Waals surface area contributed by atoms with E-state index in [1.54, 1.807) is 0 Å². The number of rotatable bonds is 5. The average Bonchev–Trinajstić information content (AvgIpc) is 2.54. The third-order valence-electron chi connectivity index (χ3n) is 3.98. The van der Waals surface area contributed by atoms with E-state index in [0.717, 1.165) is 12.8 Å². The van der Waals surface area contributed by atoms with Crippen molar-refractivity contribution >= 4 is 15.9 Å². The molecule has 7 nitrogen and oxygen atoms in total. The highest BCUT2D eigenvalue weighted by molar-refractivity contribution is 7.89. The van der Waals surface area contributed by atoms with Crippen LogP contribution in [-0.4, -0.2) is 45.4 Å². The van der Waals surface area contributed by atoms with Crippen LogP contribution in [0.3, 0.4) is 0 Å². The molecule has 0 aromatic heterocycles. The van der Waals surface area contributed by atoms with Crippen molar-refractivity contribution in [2.75, 3.05) is 26.7 Å². The quantitative estimate of drug-likeness (QED) is 0.799. The second-order valence-electron chi connectivity index (χ2n) is 5.31. The highest BCUT2D eigenvalue weighted by Gasteiger charge is 2.29. The Hall–Kier alpha value is -1.64. The first-order valence-electron chi connectivity index (χ1n) is 7.08. The van der Waals surface area contributed by atoms with E-state index in [0.29, 0.717) is 25.6 Å². The Kier molecular flexibility index (Phi) is 5.05. The second-order valence-corrected chi connectivity index (χ2v) is 7.25. The van der Waals surface area contributed by atoms with Crippen LogP contribution >= 0.6 is 0 Å². The maximum Gasteiger partial charge on any atom is 0.252 e. The lowest BCUT2D eigenvalue weighted by Crippen LogP contribution is -2.40. The largest absolute Gasteiger partial charge is 0.496 e. The maximum absolute atomic E-state index is 12.7. The van der Waals surface area contributed by atoms with Crippen molar-refractivity contribution in [3.63, 3.8) is 0 Å². The van der Waals surface area contributed by atoms with E-state index in [9.17, 15) is 13.2 Å². The molecule has 0 bridgehead atoms. The number of nitrogens with zero attached hydrogens (tertiary/aromatic N) is 1. The Morgan fingerprint density at radius 3 is 2.50 bits per heavy atom. The molecule has 0 aliphatic carbocycles. The van der Waals surface area contributed by atoms with E-state index in [2.05, 4.69) is 0 Å². The van der Waals surface area contributed by atoms with E-state index in [1.807, 2.05) is 0 Å². The summed E-state index contributed by atoms with van der Waals surface area (Å²) < 4.78 is 31.8. The smallest absolute Gasteiger partial charge is 0.252 e. The summed E-state index contributed by atoms with van der Waals surface area (Å²) in [6.07, 6.45) is 1.49. The molecule has 122 valence electrons.